The van der Waals surface area contributed by atoms with E-state index < -0.39 is 12.0 Å². The molecule has 0 aliphatic heterocycles. The van der Waals surface area contributed by atoms with Gasteiger partial charge in [0.2, 0.25) is 5.91 Å². The van der Waals surface area contributed by atoms with Gasteiger partial charge in [0.15, 0.2) is 6.04 Å². The van der Waals surface area contributed by atoms with Gasteiger partial charge in [0.25, 0.3) is 0 Å². The largest absolute Gasteiger partial charge is 0.467 e. The van der Waals surface area contributed by atoms with E-state index >= 15 is 0 Å². The lowest BCUT2D eigenvalue weighted by Gasteiger charge is -2.58. The lowest BCUT2D eigenvalue weighted by atomic mass is 9.47. The molecule has 0 spiro atoms. The minimum atomic E-state index is -0.815. The van der Waals surface area contributed by atoms with Crippen LogP contribution in [0.4, 0.5) is 0 Å². The number of nitrogens with one attached hydrogen (secondary N) is 1. The number of ether oxygens (including phenoxy) is 1. The van der Waals surface area contributed by atoms with E-state index in [1.807, 2.05) is 48.9 Å². The summed E-state index contributed by atoms with van der Waals surface area (Å²) in [5.41, 5.74) is 5.62. The number of aliphatic hydroxyl groups excluding tert-OH is 1. The predicted molar refractivity (Wildman–Crippen MR) is 167 cm³/mol. The molecule has 4 aliphatic rings. The van der Waals surface area contributed by atoms with Gasteiger partial charge in [-0.1, -0.05) is 75.2 Å². The Bertz CT molecular complexity index is 1220. The van der Waals surface area contributed by atoms with Crippen LogP contribution < -0.4 is 5.32 Å². The number of carbonyl (C=O) groups is 2. The third-order valence-corrected chi connectivity index (χ3v) is 12.5. The van der Waals surface area contributed by atoms with Crippen molar-refractivity contribution in [2.24, 2.45) is 40.4 Å². The van der Waals surface area contributed by atoms with Crippen LogP contribution in [0.5, 0.6) is 0 Å². The van der Waals surface area contributed by atoms with E-state index in [1.54, 1.807) is 5.57 Å². The first kappa shape index (κ1) is 31.0. The minimum absolute atomic E-state index is 0.121. The molecule has 5 heteroatoms. The number of amides is 1. The molecule has 0 heterocycles. The molecule has 0 aromatic heterocycles. The number of esters is 1. The van der Waals surface area contributed by atoms with Gasteiger partial charge in [-0.05, 0) is 117 Å². The summed E-state index contributed by atoms with van der Waals surface area (Å²) in [6.45, 7) is 11.7. The van der Waals surface area contributed by atoms with Crippen molar-refractivity contribution in [1.29, 1.82) is 0 Å². The molecule has 1 amide bonds. The number of carbonyl (C=O) groups excluding carboxylic acids is 2. The highest BCUT2D eigenvalue weighted by molar-refractivity contribution is 5.95. The van der Waals surface area contributed by atoms with E-state index in [9.17, 15) is 14.7 Å². The van der Waals surface area contributed by atoms with Crippen LogP contribution in [-0.4, -0.2) is 30.2 Å². The van der Waals surface area contributed by atoms with Gasteiger partial charge >= 0.3 is 5.97 Å². The van der Waals surface area contributed by atoms with Crippen molar-refractivity contribution in [3.8, 4) is 0 Å². The monoisotopic (exact) mass is 575 g/mol. The van der Waals surface area contributed by atoms with E-state index in [4.69, 9.17) is 4.74 Å². The van der Waals surface area contributed by atoms with E-state index in [2.05, 4.69) is 33.0 Å². The second kappa shape index (κ2) is 12.3. The molecule has 5 rings (SSSR count). The Morgan fingerprint density at radius 3 is 2.55 bits per heavy atom. The second-order valence-corrected chi connectivity index (χ2v) is 14.6. The van der Waals surface area contributed by atoms with Crippen LogP contribution in [0, 0.1) is 40.4 Å². The van der Waals surface area contributed by atoms with Gasteiger partial charge in [0, 0.05) is 5.57 Å². The lowest BCUT2D eigenvalue weighted by molar-refractivity contribution is -0.144. The van der Waals surface area contributed by atoms with Crippen LogP contribution in [0.2, 0.25) is 0 Å². The van der Waals surface area contributed by atoms with Crippen molar-refractivity contribution >= 4 is 11.9 Å². The van der Waals surface area contributed by atoms with Crippen LogP contribution in [0.25, 0.3) is 0 Å². The average molecular weight is 576 g/mol. The van der Waals surface area contributed by atoms with Crippen LogP contribution in [0.3, 0.4) is 0 Å². The zero-order valence-electron chi connectivity index (χ0n) is 26.7. The highest BCUT2D eigenvalue weighted by Gasteiger charge is 2.57. The number of aliphatic hydroxyl groups is 1. The first-order valence-electron chi connectivity index (χ1n) is 16.5. The van der Waals surface area contributed by atoms with Crippen LogP contribution in [0.15, 0.2) is 53.1 Å². The zero-order chi connectivity index (χ0) is 30.2. The van der Waals surface area contributed by atoms with Gasteiger partial charge in [-0.15, -0.1) is 0 Å². The summed E-state index contributed by atoms with van der Waals surface area (Å²) in [6.07, 6.45) is 13.6. The number of hydrogen-bond donors (Lipinski definition) is 2. The molecule has 4 aliphatic carbocycles. The summed E-state index contributed by atoms with van der Waals surface area (Å²) >= 11 is 0. The SMILES string of the molecule is COC(=O)[C@H](NC(=O)/C(C)=C/CC[C@@H](C)[C@@H]1CCC2=C3CC[C@H]4[C@H](C)[C@@H](O)CC[C@]4(C)[C@H]3CC[C@@]21C)c1ccccc1. The summed E-state index contributed by atoms with van der Waals surface area (Å²) in [6, 6.07) is 8.43. The fraction of sp³-hybridized carbons (Fsp3) is 0.676. The molecule has 0 radical (unpaired) electrons. The van der Waals surface area contributed by atoms with E-state index in [0.717, 1.165) is 19.3 Å². The molecule has 1 aromatic rings. The van der Waals surface area contributed by atoms with E-state index in [1.165, 1.54) is 52.1 Å². The smallest absolute Gasteiger partial charge is 0.333 e. The zero-order valence-corrected chi connectivity index (χ0v) is 26.7. The van der Waals surface area contributed by atoms with Crippen molar-refractivity contribution in [3.05, 3.63) is 58.7 Å². The highest BCUT2D eigenvalue weighted by atomic mass is 16.5. The van der Waals surface area contributed by atoms with Crippen molar-refractivity contribution in [1.82, 2.24) is 5.32 Å². The molecule has 42 heavy (non-hydrogen) atoms. The van der Waals surface area contributed by atoms with Crippen molar-refractivity contribution < 1.29 is 19.4 Å². The van der Waals surface area contributed by atoms with Crippen LogP contribution >= 0.6 is 0 Å². The molecule has 9 atom stereocenters. The molecule has 0 bridgehead atoms. The number of hydrogen-bond acceptors (Lipinski definition) is 4. The average Bonchev–Trinajstić information content (AvgIpc) is 3.35. The summed E-state index contributed by atoms with van der Waals surface area (Å²) in [5, 5.41) is 13.5. The molecule has 5 nitrogen and oxygen atoms in total. The Hall–Kier alpha value is -2.40. The Morgan fingerprint density at radius 2 is 1.83 bits per heavy atom. The van der Waals surface area contributed by atoms with Crippen molar-refractivity contribution in [2.45, 2.75) is 111 Å². The fourth-order valence-electron chi connectivity index (χ4n) is 10.0. The summed E-state index contributed by atoms with van der Waals surface area (Å²) in [7, 11) is 1.35. The van der Waals surface area contributed by atoms with Gasteiger partial charge in [-0.25, -0.2) is 4.79 Å². The van der Waals surface area contributed by atoms with Crippen LogP contribution in [0.1, 0.15) is 110 Å². The number of allylic oxidation sites excluding steroid dienone is 3. The molecule has 2 N–H and O–H groups in total. The summed E-state index contributed by atoms with van der Waals surface area (Å²) in [5.74, 6) is 2.35. The Kier molecular flexibility index (Phi) is 9.09. The van der Waals surface area contributed by atoms with Gasteiger partial charge in [-0.2, -0.15) is 0 Å². The molecule has 1 aromatic carbocycles. The number of benzene rings is 1. The number of rotatable bonds is 8. The second-order valence-electron chi connectivity index (χ2n) is 14.6. The molecule has 0 unspecified atom stereocenters. The van der Waals surface area contributed by atoms with Crippen molar-refractivity contribution in [2.75, 3.05) is 7.11 Å². The molecule has 3 fully saturated rings. The Labute approximate surface area is 253 Å². The normalized spacial score (nSPS) is 35.9. The third-order valence-electron chi connectivity index (χ3n) is 12.5. The molecule has 0 saturated heterocycles. The maximum Gasteiger partial charge on any atom is 0.333 e. The van der Waals surface area contributed by atoms with Gasteiger partial charge in [0.1, 0.15) is 0 Å². The molecule has 230 valence electrons. The maximum absolute atomic E-state index is 13.0. The van der Waals surface area contributed by atoms with Crippen molar-refractivity contribution in [3.63, 3.8) is 0 Å². The number of methoxy groups -OCH3 is 1. The minimum Gasteiger partial charge on any atom is -0.467 e. The molecular weight excluding hydrogens is 522 g/mol. The van der Waals surface area contributed by atoms with E-state index in [-0.39, 0.29) is 12.0 Å². The first-order chi connectivity index (χ1) is 20.0. The first-order valence-corrected chi connectivity index (χ1v) is 16.5. The molecular formula is C37H53NO4. The third kappa shape index (κ3) is 5.51. The maximum atomic E-state index is 13.0. The highest BCUT2D eigenvalue weighted by Crippen LogP contribution is 2.66. The number of fused-ring (bicyclic) bond motifs is 4. The van der Waals surface area contributed by atoms with E-state index in [0.29, 0.717) is 51.6 Å². The van der Waals surface area contributed by atoms with Gasteiger partial charge in [0.05, 0.1) is 13.2 Å². The molecule has 3 saturated carbocycles. The fourth-order valence-corrected chi connectivity index (χ4v) is 10.0. The topological polar surface area (TPSA) is 75.6 Å². The predicted octanol–water partition coefficient (Wildman–Crippen LogP) is 7.71. The van der Waals surface area contributed by atoms with Gasteiger partial charge < -0.3 is 15.2 Å². The van der Waals surface area contributed by atoms with Crippen LogP contribution in [-0.2, 0) is 14.3 Å². The Balaban J connectivity index is 1.22. The Morgan fingerprint density at radius 1 is 1.10 bits per heavy atom. The standard InChI is InChI=1S/C37H53NO4/c1-23(11-10-12-24(2)34(40)38-33(35(41)42-6)26-13-8-7-9-14-26)28-17-18-30-27-15-16-29-25(3)32(39)20-22-37(29,5)31(27)19-21-36(28,30)4/h7-9,12-14,23,25,28-29,31-33,39H,10-11,15-22H2,1-6H3,(H,38,40)/b24-12+/t23-,25+,28+,29+,31+,32+,33-,36-,37+/m1/s1. The summed E-state index contributed by atoms with van der Waals surface area (Å²) in [4.78, 5) is 25.4. The summed E-state index contributed by atoms with van der Waals surface area (Å²) < 4.78 is 4.96. The quantitative estimate of drug-likeness (QED) is 0.189. The van der Waals surface area contributed by atoms with Gasteiger partial charge in [-0.3, -0.25) is 4.79 Å². The lowest BCUT2D eigenvalue weighted by Crippen LogP contribution is -2.51.